The number of hydrogen-bond acceptors (Lipinski definition) is 7. The fourth-order valence-electron chi connectivity index (χ4n) is 4.44. The number of carbonyl (C=O) groups excluding carboxylic acids is 1. The van der Waals surface area contributed by atoms with E-state index in [1.54, 1.807) is 26.4 Å². The molecule has 9 nitrogen and oxygen atoms in total. The summed E-state index contributed by atoms with van der Waals surface area (Å²) in [6.07, 6.45) is -1.10. The summed E-state index contributed by atoms with van der Waals surface area (Å²) < 4.78 is 44.8. The van der Waals surface area contributed by atoms with E-state index in [4.69, 9.17) is 0 Å². The molecule has 0 spiro atoms. The average Bonchev–Trinajstić information content (AvgIpc) is 3.32. The second kappa shape index (κ2) is 9.61. The number of aromatic nitrogens is 4. The van der Waals surface area contributed by atoms with Crippen molar-refractivity contribution in [1.82, 2.24) is 30.4 Å². The molecular weight excluding hydrogens is 531 g/mol. The van der Waals surface area contributed by atoms with Crippen LogP contribution in [0, 0.1) is 5.41 Å². The van der Waals surface area contributed by atoms with Gasteiger partial charge in [-0.3, -0.25) is 4.79 Å². The van der Waals surface area contributed by atoms with Crippen molar-refractivity contribution in [2.24, 2.45) is 5.41 Å². The highest BCUT2D eigenvalue weighted by molar-refractivity contribution is 9.10. The lowest BCUT2D eigenvalue weighted by Crippen LogP contribution is -2.35. The molecule has 2 aromatic heterocycles. The first-order chi connectivity index (χ1) is 16.5. The second-order valence-corrected chi connectivity index (χ2v) is 9.52. The molecule has 4 rings (SSSR count). The van der Waals surface area contributed by atoms with E-state index < -0.39 is 11.8 Å². The number of hydrogen-bond donors (Lipinski definition) is 3. The molecule has 1 saturated carbocycles. The number of rotatable bonds is 7. The average molecular weight is 556 g/mol. The monoisotopic (exact) mass is 555 g/mol. The topological polar surface area (TPSA) is 106 Å². The molecule has 1 aliphatic carbocycles. The smallest absolute Gasteiger partial charge is 0.406 e. The van der Waals surface area contributed by atoms with Gasteiger partial charge in [0.1, 0.15) is 10.4 Å². The minimum Gasteiger partial charge on any atom is -0.406 e. The predicted octanol–water partition coefficient (Wildman–Crippen LogP) is 3.91. The summed E-state index contributed by atoms with van der Waals surface area (Å²) in [5.74, 6) is -0.0131. The summed E-state index contributed by atoms with van der Waals surface area (Å²) in [6.45, 7) is 2.26. The molecule has 3 aromatic rings. The highest BCUT2D eigenvalue weighted by Crippen LogP contribution is 2.39. The van der Waals surface area contributed by atoms with E-state index in [2.05, 4.69) is 51.7 Å². The molecule has 1 unspecified atom stereocenters. The van der Waals surface area contributed by atoms with Gasteiger partial charge in [-0.15, -0.1) is 13.2 Å². The van der Waals surface area contributed by atoms with Gasteiger partial charge in [0, 0.05) is 37.3 Å². The summed E-state index contributed by atoms with van der Waals surface area (Å²) in [5.41, 5.74) is 0.867. The maximum atomic E-state index is 12.9. The van der Waals surface area contributed by atoms with Crippen LogP contribution in [0.15, 0.2) is 29.0 Å². The van der Waals surface area contributed by atoms with Gasteiger partial charge < -0.3 is 20.7 Å². The first-order valence-corrected chi connectivity index (χ1v) is 11.8. The molecule has 0 aliphatic heterocycles. The van der Waals surface area contributed by atoms with Gasteiger partial charge in [-0.05, 0) is 59.9 Å². The van der Waals surface area contributed by atoms with Crippen molar-refractivity contribution < 1.29 is 22.7 Å². The Morgan fingerprint density at radius 1 is 1.31 bits per heavy atom. The highest BCUT2D eigenvalue weighted by Gasteiger charge is 2.41. The SMILES string of the molecule is CNCc1cc(OC(F)(F)F)cc(-n2nc(Br)c3cnc(N[C@@H]4CCC(C)(C(=O)NC)C4)nc32)c1. The van der Waals surface area contributed by atoms with Crippen LogP contribution in [-0.4, -0.2) is 52.2 Å². The number of halogens is 4. The molecular formula is C22H25BrF3N7O2. The number of amides is 1. The number of carbonyl (C=O) groups is 1. The van der Waals surface area contributed by atoms with Gasteiger partial charge in [0.15, 0.2) is 5.65 Å². The molecule has 1 amide bonds. The normalized spacial score (nSPS) is 20.3. The lowest BCUT2D eigenvalue weighted by Gasteiger charge is -2.22. The Bertz CT molecular complexity index is 1250. The van der Waals surface area contributed by atoms with Crippen LogP contribution >= 0.6 is 15.9 Å². The van der Waals surface area contributed by atoms with Crippen molar-refractivity contribution in [3.05, 3.63) is 34.6 Å². The fourth-order valence-corrected chi connectivity index (χ4v) is 4.88. The van der Waals surface area contributed by atoms with Crippen LogP contribution in [0.1, 0.15) is 31.7 Å². The molecule has 3 N–H and O–H groups in total. The first-order valence-electron chi connectivity index (χ1n) is 11.0. The van der Waals surface area contributed by atoms with Crippen molar-refractivity contribution in [3.8, 4) is 11.4 Å². The van der Waals surface area contributed by atoms with E-state index in [1.807, 2.05) is 6.92 Å². The largest absolute Gasteiger partial charge is 0.573 e. The van der Waals surface area contributed by atoms with Crippen LogP contribution in [0.25, 0.3) is 16.7 Å². The van der Waals surface area contributed by atoms with Crippen LogP contribution in [0.3, 0.4) is 0 Å². The standard InChI is InChI=1S/C22H25BrF3N7O2/c1-21(19(34)28-3)5-4-13(9-21)30-20-29-11-16-17(23)32-33(18(16)31-20)14-6-12(10-27-2)7-15(8-14)35-22(24,25)26/h6-8,11,13,27H,4-5,9-10H2,1-3H3,(H,28,34)(H,29,30,31)/t13-,21?/m1/s1. The van der Waals surface area contributed by atoms with Gasteiger partial charge >= 0.3 is 6.36 Å². The van der Waals surface area contributed by atoms with Gasteiger partial charge in [0.05, 0.1) is 11.1 Å². The van der Waals surface area contributed by atoms with Crippen LogP contribution < -0.4 is 20.7 Å². The van der Waals surface area contributed by atoms with Crippen LogP contribution in [0.5, 0.6) is 5.75 Å². The molecule has 1 aromatic carbocycles. The van der Waals surface area contributed by atoms with E-state index in [0.29, 0.717) is 45.8 Å². The Balaban J connectivity index is 1.68. The third-order valence-electron chi connectivity index (χ3n) is 6.04. The number of benzene rings is 1. The molecule has 13 heteroatoms. The van der Waals surface area contributed by atoms with Gasteiger partial charge in [-0.2, -0.15) is 10.1 Å². The third kappa shape index (κ3) is 5.50. The summed E-state index contributed by atoms with van der Waals surface area (Å²) >= 11 is 3.38. The number of nitrogens with one attached hydrogen (secondary N) is 3. The Kier molecular flexibility index (Phi) is 6.91. The minimum atomic E-state index is -4.83. The first kappa shape index (κ1) is 25.2. The van der Waals surface area contributed by atoms with E-state index in [0.717, 1.165) is 12.8 Å². The summed E-state index contributed by atoms with van der Waals surface area (Å²) in [4.78, 5) is 21.2. The summed E-state index contributed by atoms with van der Waals surface area (Å²) in [5, 5.41) is 13.9. The molecule has 0 bridgehead atoms. The van der Waals surface area contributed by atoms with E-state index in [-0.39, 0.29) is 17.7 Å². The van der Waals surface area contributed by atoms with Crippen molar-refractivity contribution in [2.75, 3.05) is 19.4 Å². The molecule has 35 heavy (non-hydrogen) atoms. The minimum absolute atomic E-state index is 0.000284. The van der Waals surface area contributed by atoms with Crippen LogP contribution in [0.2, 0.25) is 0 Å². The molecule has 1 aliphatic rings. The summed E-state index contributed by atoms with van der Waals surface area (Å²) in [7, 11) is 3.32. The van der Waals surface area contributed by atoms with Gasteiger partial charge in [-0.25, -0.2) is 9.67 Å². The molecule has 188 valence electrons. The lowest BCUT2D eigenvalue weighted by molar-refractivity contribution is -0.274. The fraction of sp³-hybridized carbons (Fsp3) is 0.455. The number of alkyl halides is 3. The lowest BCUT2D eigenvalue weighted by atomic mass is 9.87. The van der Waals surface area contributed by atoms with Crippen LogP contribution in [0.4, 0.5) is 19.1 Å². The number of anilines is 1. The van der Waals surface area contributed by atoms with Crippen molar-refractivity contribution in [1.29, 1.82) is 0 Å². The zero-order valence-electron chi connectivity index (χ0n) is 19.3. The maximum Gasteiger partial charge on any atom is 0.573 e. The molecule has 1 fully saturated rings. The Labute approximate surface area is 208 Å². The van der Waals surface area contributed by atoms with Gasteiger partial charge in [0.2, 0.25) is 11.9 Å². The Hall–Kier alpha value is -2.93. The van der Waals surface area contributed by atoms with Crippen molar-refractivity contribution in [2.45, 2.75) is 45.1 Å². The van der Waals surface area contributed by atoms with Crippen molar-refractivity contribution in [3.63, 3.8) is 0 Å². The molecule has 2 heterocycles. The van der Waals surface area contributed by atoms with E-state index in [1.165, 1.54) is 16.8 Å². The summed E-state index contributed by atoms with van der Waals surface area (Å²) in [6, 6.07) is 4.28. The highest BCUT2D eigenvalue weighted by atomic mass is 79.9. The van der Waals surface area contributed by atoms with E-state index in [9.17, 15) is 18.0 Å². The number of fused-ring (bicyclic) bond motifs is 1. The van der Waals surface area contributed by atoms with Crippen molar-refractivity contribution >= 4 is 38.8 Å². The second-order valence-electron chi connectivity index (χ2n) is 8.77. The van der Waals surface area contributed by atoms with Gasteiger partial charge in [0.25, 0.3) is 0 Å². The van der Waals surface area contributed by atoms with Crippen LogP contribution in [-0.2, 0) is 11.3 Å². The Morgan fingerprint density at radius 3 is 2.77 bits per heavy atom. The predicted molar refractivity (Wildman–Crippen MR) is 127 cm³/mol. The molecule has 2 atom stereocenters. The third-order valence-corrected chi connectivity index (χ3v) is 6.63. The number of ether oxygens (including phenoxy) is 1. The van der Waals surface area contributed by atoms with Gasteiger partial charge in [-0.1, -0.05) is 6.92 Å². The molecule has 0 radical (unpaired) electrons. The Morgan fingerprint density at radius 2 is 2.09 bits per heavy atom. The quantitative estimate of drug-likeness (QED) is 0.405. The molecule has 0 saturated heterocycles. The maximum absolute atomic E-state index is 12.9. The zero-order valence-corrected chi connectivity index (χ0v) is 20.9. The number of nitrogens with zero attached hydrogens (tertiary/aromatic N) is 4. The van der Waals surface area contributed by atoms with E-state index >= 15 is 0 Å². The zero-order chi connectivity index (χ0) is 25.4.